The summed E-state index contributed by atoms with van der Waals surface area (Å²) >= 11 is 3.62. The van der Waals surface area contributed by atoms with E-state index in [0.29, 0.717) is 17.0 Å². The van der Waals surface area contributed by atoms with Crippen LogP contribution in [0.1, 0.15) is 0 Å². The number of allylic oxidation sites excluding steroid dienone is 12. The van der Waals surface area contributed by atoms with E-state index in [1.807, 2.05) is 0 Å². The Bertz CT molecular complexity index is 419. The molecule has 0 aliphatic heterocycles. The second-order valence-corrected chi connectivity index (χ2v) is 11.8. The molecular weight excluding hydrogens is 290 g/mol. The fourth-order valence-electron chi connectivity index (χ4n) is 2.66. The molecule has 0 fully saturated rings. The molecule has 0 spiro atoms. The van der Waals surface area contributed by atoms with Crippen LogP contribution in [0.25, 0.3) is 0 Å². The van der Waals surface area contributed by atoms with Crippen LogP contribution in [-0.2, 0) is 0 Å². The van der Waals surface area contributed by atoms with Gasteiger partial charge in [-0.2, -0.15) is 0 Å². The van der Waals surface area contributed by atoms with Gasteiger partial charge in [0.1, 0.15) is 0 Å². The van der Waals surface area contributed by atoms with Crippen molar-refractivity contribution < 1.29 is 0 Å². The van der Waals surface area contributed by atoms with Gasteiger partial charge < -0.3 is 0 Å². The zero-order valence-electron chi connectivity index (χ0n) is 9.52. The van der Waals surface area contributed by atoms with Crippen LogP contribution in [0.5, 0.6) is 0 Å². The Morgan fingerprint density at radius 3 is 1.00 bits per heavy atom. The van der Waals surface area contributed by atoms with E-state index >= 15 is 0 Å². The Morgan fingerprint density at radius 1 is 0.529 bits per heavy atom. The zero-order valence-corrected chi connectivity index (χ0v) is 12.1. The van der Waals surface area contributed by atoms with Crippen molar-refractivity contribution in [3.8, 4) is 0 Å². The van der Waals surface area contributed by atoms with E-state index in [2.05, 4.69) is 88.0 Å². The molecule has 0 N–H and O–H groups in total. The van der Waals surface area contributed by atoms with Gasteiger partial charge in [-0.1, -0.05) is 0 Å². The van der Waals surface area contributed by atoms with Crippen LogP contribution in [0, 0.1) is 0 Å². The van der Waals surface area contributed by atoms with E-state index < -0.39 is 5.51 Å². The summed E-state index contributed by atoms with van der Waals surface area (Å²) in [5.41, 5.74) is 0.484. The van der Waals surface area contributed by atoms with Crippen LogP contribution in [0.2, 0.25) is 0 Å². The third kappa shape index (κ3) is 1.87. The van der Waals surface area contributed by atoms with E-state index in [4.69, 9.17) is 0 Å². The van der Waals surface area contributed by atoms with Crippen LogP contribution in [-0.4, -0.2) is 32.1 Å². The fourth-order valence-corrected chi connectivity index (χ4v) is 8.72. The van der Waals surface area contributed by atoms with Crippen LogP contribution < -0.4 is 0 Å². The molecular formula is C15H15PSe. The van der Waals surface area contributed by atoms with Gasteiger partial charge in [0.2, 0.25) is 0 Å². The molecule has 0 saturated carbocycles. The summed E-state index contributed by atoms with van der Waals surface area (Å²) in [4.78, 5) is 0. The van der Waals surface area contributed by atoms with Crippen molar-refractivity contribution in [3.63, 3.8) is 0 Å². The third-order valence-corrected chi connectivity index (χ3v) is 12.0. The third-order valence-electron chi connectivity index (χ3n) is 3.58. The van der Waals surface area contributed by atoms with E-state index in [-0.39, 0.29) is 0 Å². The molecule has 0 atom stereocenters. The van der Waals surface area contributed by atoms with Crippen LogP contribution >= 0.6 is 5.51 Å². The molecule has 86 valence electrons. The Hall–Kier alpha value is -0.611. The van der Waals surface area contributed by atoms with Crippen LogP contribution in [0.3, 0.4) is 0 Å². The molecule has 0 aromatic heterocycles. The van der Waals surface area contributed by atoms with Crippen molar-refractivity contribution >= 4 is 20.6 Å². The monoisotopic (exact) mass is 306 g/mol. The molecule has 3 aliphatic rings. The molecule has 0 nitrogen and oxygen atoms in total. The SMILES string of the molecule is [Se]=P(C1C=CC=C1)(C1C=CC=C1)C1C=CC=C1. The molecule has 0 unspecified atom stereocenters. The quantitative estimate of drug-likeness (QED) is 0.552. The molecule has 3 aliphatic carbocycles. The molecule has 0 aromatic carbocycles. The number of hydrogen-bond acceptors (Lipinski definition) is 0. The summed E-state index contributed by atoms with van der Waals surface area (Å²) in [6.07, 6.45) is 27.2. The Labute approximate surface area is 110 Å². The second-order valence-electron chi connectivity index (χ2n) is 4.54. The van der Waals surface area contributed by atoms with E-state index in [9.17, 15) is 0 Å². The van der Waals surface area contributed by atoms with E-state index in [0.717, 1.165) is 0 Å². The van der Waals surface area contributed by atoms with Gasteiger partial charge in [0, 0.05) is 0 Å². The molecule has 17 heavy (non-hydrogen) atoms. The Balaban J connectivity index is 2.03. The maximum atomic E-state index is 3.62. The van der Waals surface area contributed by atoms with Gasteiger partial charge in [0.25, 0.3) is 0 Å². The van der Waals surface area contributed by atoms with Gasteiger partial charge in [-0.25, -0.2) is 0 Å². The van der Waals surface area contributed by atoms with Gasteiger partial charge in [-0.05, 0) is 0 Å². The summed E-state index contributed by atoms with van der Waals surface area (Å²) < 4.78 is 0. The topological polar surface area (TPSA) is 0 Å². The van der Waals surface area contributed by atoms with Gasteiger partial charge >= 0.3 is 110 Å². The average Bonchev–Trinajstić information content (AvgIpc) is 3.10. The molecule has 0 radical (unpaired) electrons. The fraction of sp³-hybridized carbons (Fsp3) is 0.200. The van der Waals surface area contributed by atoms with Gasteiger partial charge in [-0.3, -0.25) is 0 Å². The van der Waals surface area contributed by atoms with Crippen LogP contribution in [0.15, 0.2) is 72.9 Å². The van der Waals surface area contributed by atoms with Crippen molar-refractivity contribution in [2.24, 2.45) is 0 Å². The molecule has 0 heterocycles. The van der Waals surface area contributed by atoms with Crippen molar-refractivity contribution in [2.75, 3.05) is 0 Å². The van der Waals surface area contributed by atoms with E-state index in [1.165, 1.54) is 0 Å². The number of rotatable bonds is 3. The van der Waals surface area contributed by atoms with Crippen molar-refractivity contribution in [3.05, 3.63) is 72.9 Å². The molecule has 0 aromatic rings. The first kappa shape index (κ1) is 11.5. The minimum atomic E-state index is -1.26. The predicted octanol–water partition coefficient (Wildman–Crippen LogP) is 3.57. The first-order chi connectivity index (χ1) is 8.32. The van der Waals surface area contributed by atoms with Gasteiger partial charge in [-0.15, -0.1) is 0 Å². The minimum absolute atomic E-state index is 0.581. The van der Waals surface area contributed by atoms with Crippen LogP contribution in [0.4, 0.5) is 0 Å². The zero-order chi connectivity index (χ0) is 11.7. The summed E-state index contributed by atoms with van der Waals surface area (Å²) in [5, 5.41) is 0. The molecule has 3 rings (SSSR count). The van der Waals surface area contributed by atoms with Crippen molar-refractivity contribution in [1.82, 2.24) is 0 Å². The Kier molecular flexibility index (Phi) is 3.09. The van der Waals surface area contributed by atoms with Gasteiger partial charge in [0.15, 0.2) is 0 Å². The maximum absolute atomic E-state index is 3.62. The molecule has 0 bridgehead atoms. The van der Waals surface area contributed by atoms with Crippen molar-refractivity contribution in [2.45, 2.75) is 17.0 Å². The molecule has 0 saturated heterocycles. The van der Waals surface area contributed by atoms with E-state index in [1.54, 1.807) is 0 Å². The second kappa shape index (κ2) is 4.58. The number of hydrogen-bond donors (Lipinski definition) is 0. The first-order valence-corrected chi connectivity index (χ1v) is 10.2. The summed E-state index contributed by atoms with van der Waals surface area (Å²) in [6.45, 7) is 0. The standard InChI is InChI=1S/C15H15PSe/c17-16(13-7-1-2-8-13,14-9-3-4-10-14)15-11-5-6-12-15/h1-15H. The molecule has 0 amide bonds. The Morgan fingerprint density at radius 2 is 0.765 bits per heavy atom. The van der Waals surface area contributed by atoms with Crippen molar-refractivity contribution in [1.29, 1.82) is 0 Å². The van der Waals surface area contributed by atoms with Gasteiger partial charge in [0.05, 0.1) is 0 Å². The first-order valence-electron chi connectivity index (χ1n) is 5.96. The predicted molar refractivity (Wildman–Crippen MR) is 78.9 cm³/mol. The summed E-state index contributed by atoms with van der Waals surface area (Å²) in [6, 6.07) is 0. The normalized spacial score (nSPS) is 23.8. The molecule has 2 heteroatoms. The summed E-state index contributed by atoms with van der Waals surface area (Å²) in [7, 11) is 0. The summed E-state index contributed by atoms with van der Waals surface area (Å²) in [5.74, 6) is 0. The average molecular weight is 305 g/mol.